The second kappa shape index (κ2) is 9.85. The molecule has 3 N–H and O–H groups in total. The number of sulfonamides is 1. The fourth-order valence-electron chi connectivity index (χ4n) is 3.24. The maximum Gasteiger partial charge on any atom is 0.319 e. The number of carbonyl (C=O) groups is 2. The summed E-state index contributed by atoms with van der Waals surface area (Å²) >= 11 is 0. The van der Waals surface area contributed by atoms with E-state index in [1.807, 2.05) is 0 Å². The van der Waals surface area contributed by atoms with E-state index in [1.165, 1.54) is 0 Å². The van der Waals surface area contributed by atoms with E-state index in [0.717, 1.165) is 22.5 Å². The van der Waals surface area contributed by atoms with Gasteiger partial charge in [0.25, 0.3) is 5.91 Å². The Bertz CT molecular complexity index is 1160. The Morgan fingerprint density at radius 3 is 2.21 bits per heavy atom. The zero-order valence-electron chi connectivity index (χ0n) is 17.0. The molecule has 0 saturated carbocycles. The smallest absolute Gasteiger partial charge is 0.319 e. The second-order valence-electron chi connectivity index (χ2n) is 7.15. The zero-order chi connectivity index (χ0) is 24.3. The molecule has 33 heavy (non-hydrogen) atoms. The first-order valence-electron chi connectivity index (χ1n) is 9.68. The number of nitrogens with zero attached hydrogens (tertiary/aromatic N) is 1. The Hall–Kier alpha value is -3.03. The third-order valence-corrected chi connectivity index (χ3v) is 6.83. The molecule has 178 valence electrons. The molecule has 0 aromatic heterocycles. The Morgan fingerprint density at radius 1 is 1.03 bits per heavy atom. The average molecular weight is 489 g/mol. The minimum absolute atomic E-state index is 0.0607. The van der Waals surface area contributed by atoms with Gasteiger partial charge >= 0.3 is 5.97 Å². The normalized spacial score (nSPS) is 15.3. The number of ether oxygens (including phenoxy) is 1. The number of amides is 1. The van der Waals surface area contributed by atoms with E-state index in [4.69, 9.17) is 10.5 Å². The molecule has 8 nitrogen and oxygen atoms in total. The molecule has 0 unspecified atom stereocenters. The highest BCUT2D eigenvalue weighted by atomic mass is 32.2. The molecule has 0 aliphatic carbocycles. The lowest BCUT2D eigenvalue weighted by Crippen LogP contribution is -2.42. The largest absolute Gasteiger partial charge is 0.461 e. The quantitative estimate of drug-likeness (QED) is 0.365. The van der Waals surface area contributed by atoms with Gasteiger partial charge in [-0.3, -0.25) is 9.59 Å². The van der Waals surface area contributed by atoms with Crippen molar-refractivity contribution in [3.63, 3.8) is 0 Å². The third-order valence-electron chi connectivity index (χ3n) is 4.92. The standard InChI is InChI=1S/C20H19F4N3O5S/c21-14-2-1-11(20(29)26-12-8-15(22)19(24)16(23)9-12)7-17(14)33(30,31)27-5-3-13(4-6-27)32-18(28)10-25/h1-2,7-9,13H,3-6,10,25H2,(H,26,29). The number of anilines is 1. The van der Waals surface area contributed by atoms with Crippen LogP contribution in [0.25, 0.3) is 0 Å². The number of hydrogen-bond acceptors (Lipinski definition) is 6. The molecule has 3 rings (SSSR count). The summed E-state index contributed by atoms with van der Waals surface area (Å²) in [6.45, 7) is -0.431. The van der Waals surface area contributed by atoms with Crippen LogP contribution in [0.5, 0.6) is 0 Å². The minimum atomic E-state index is -4.35. The first kappa shape index (κ1) is 24.6. The van der Waals surface area contributed by atoms with Crippen LogP contribution in [0.4, 0.5) is 23.2 Å². The van der Waals surface area contributed by atoms with Gasteiger partial charge in [0.1, 0.15) is 16.8 Å². The summed E-state index contributed by atoms with van der Waals surface area (Å²) in [6.07, 6.45) is -0.172. The number of halogens is 4. The Labute approximate surface area is 186 Å². The first-order valence-corrected chi connectivity index (χ1v) is 11.1. The van der Waals surface area contributed by atoms with Crippen LogP contribution in [0, 0.1) is 23.3 Å². The van der Waals surface area contributed by atoms with E-state index in [1.54, 1.807) is 0 Å². The van der Waals surface area contributed by atoms with Gasteiger partial charge in [0, 0.05) is 36.5 Å². The maximum absolute atomic E-state index is 14.4. The van der Waals surface area contributed by atoms with Crippen molar-refractivity contribution in [1.82, 2.24) is 4.31 Å². The van der Waals surface area contributed by atoms with Crippen molar-refractivity contribution in [2.45, 2.75) is 23.8 Å². The van der Waals surface area contributed by atoms with Crippen LogP contribution >= 0.6 is 0 Å². The number of piperidine rings is 1. The molecule has 13 heteroatoms. The molecule has 1 aliphatic rings. The maximum atomic E-state index is 14.4. The minimum Gasteiger partial charge on any atom is -0.461 e. The summed E-state index contributed by atoms with van der Waals surface area (Å²) in [5, 5.41) is 2.10. The van der Waals surface area contributed by atoms with Gasteiger partial charge in [-0.25, -0.2) is 26.0 Å². The van der Waals surface area contributed by atoms with Crippen molar-refractivity contribution in [2.75, 3.05) is 25.0 Å². The fourth-order valence-corrected chi connectivity index (χ4v) is 4.80. The first-order chi connectivity index (χ1) is 15.5. The summed E-state index contributed by atoms with van der Waals surface area (Å²) in [4.78, 5) is 22.9. The van der Waals surface area contributed by atoms with E-state index >= 15 is 0 Å². The number of nitrogens with one attached hydrogen (secondary N) is 1. The van der Waals surface area contributed by atoms with Gasteiger partial charge in [-0.2, -0.15) is 4.31 Å². The molecule has 1 amide bonds. The second-order valence-corrected chi connectivity index (χ2v) is 9.06. The number of benzene rings is 2. The van der Waals surface area contributed by atoms with Gasteiger partial charge < -0.3 is 15.8 Å². The molecule has 0 atom stereocenters. The predicted molar refractivity (Wildman–Crippen MR) is 108 cm³/mol. The zero-order valence-corrected chi connectivity index (χ0v) is 17.8. The molecule has 0 bridgehead atoms. The van der Waals surface area contributed by atoms with Crippen molar-refractivity contribution >= 4 is 27.6 Å². The van der Waals surface area contributed by atoms with Gasteiger partial charge in [0.05, 0.1) is 6.54 Å². The summed E-state index contributed by atoms with van der Waals surface area (Å²) < 4.78 is 86.1. The molecule has 2 aromatic carbocycles. The molecule has 2 aromatic rings. The molecule has 1 saturated heterocycles. The number of nitrogens with two attached hydrogens (primary N) is 1. The van der Waals surface area contributed by atoms with Crippen molar-refractivity contribution in [2.24, 2.45) is 5.73 Å². The molecule has 1 fully saturated rings. The highest BCUT2D eigenvalue weighted by Gasteiger charge is 2.33. The van der Waals surface area contributed by atoms with Gasteiger partial charge in [0.15, 0.2) is 17.5 Å². The SMILES string of the molecule is NCC(=O)OC1CCN(S(=O)(=O)c2cc(C(=O)Nc3cc(F)c(F)c(F)c3)ccc2F)CC1. The lowest BCUT2D eigenvalue weighted by molar-refractivity contribution is -0.148. The Kier molecular flexibility index (Phi) is 7.34. The van der Waals surface area contributed by atoms with Crippen molar-refractivity contribution in [1.29, 1.82) is 0 Å². The average Bonchev–Trinajstić information content (AvgIpc) is 2.77. The van der Waals surface area contributed by atoms with Gasteiger partial charge in [-0.15, -0.1) is 0 Å². The molecular weight excluding hydrogens is 470 g/mol. The lowest BCUT2D eigenvalue weighted by atomic mass is 10.1. The van der Waals surface area contributed by atoms with E-state index < -0.39 is 61.9 Å². The fraction of sp³-hybridized carbons (Fsp3) is 0.300. The third kappa shape index (κ3) is 5.49. The molecule has 1 heterocycles. The molecule has 1 aliphatic heterocycles. The monoisotopic (exact) mass is 489 g/mol. The van der Waals surface area contributed by atoms with Crippen LogP contribution in [-0.4, -0.2) is 50.3 Å². The van der Waals surface area contributed by atoms with Gasteiger partial charge in [0.2, 0.25) is 10.0 Å². The van der Waals surface area contributed by atoms with Gasteiger partial charge in [-0.1, -0.05) is 0 Å². The lowest BCUT2D eigenvalue weighted by Gasteiger charge is -2.31. The van der Waals surface area contributed by atoms with Crippen LogP contribution in [0.1, 0.15) is 23.2 Å². The van der Waals surface area contributed by atoms with Crippen LogP contribution in [0.15, 0.2) is 35.2 Å². The molecular formula is C20H19F4N3O5S. The van der Waals surface area contributed by atoms with Crippen molar-refractivity contribution in [3.05, 3.63) is 59.2 Å². The number of rotatable bonds is 6. The van der Waals surface area contributed by atoms with Crippen LogP contribution in [-0.2, 0) is 19.6 Å². The number of esters is 1. The van der Waals surface area contributed by atoms with Crippen LogP contribution in [0.2, 0.25) is 0 Å². The van der Waals surface area contributed by atoms with Crippen molar-refractivity contribution < 1.29 is 40.3 Å². The predicted octanol–water partition coefficient (Wildman–Crippen LogP) is 2.15. The van der Waals surface area contributed by atoms with E-state index in [-0.39, 0.29) is 38.0 Å². The Morgan fingerprint density at radius 2 is 1.64 bits per heavy atom. The summed E-state index contributed by atoms with van der Waals surface area (Å²) in [7, 11) is -4.35. The van der Waals surface area contributed by atoms with E-state index in [0.29, 0.717) is 12.1 Å². The van der Waals surface area contributed by atoms with Crippen LogP contribution < -0.4 is 11.1 Å². The summed E-state index contributed by atoms with van der Waals surface area (Å²) in [5.41, 5.74) is 4.45. The number of carbonyl (C=O) groups excluding carboxylic acids is 2. The summed E-state index contributed by atoms with van der Waals surface area (Å²) in [6, 6.07) is 3.62. The van der Waals surface area contributed by atoms with Crippen molar-refractivity contribution in [3.8, 4) is 0 Å². The molecule has 0 spiro atoms. The van der Waals surface area contributed by atoms with E-state index in [2.05, 4.69) is 5.32 Å². The molecule has 0 radical (unpaired) electrons. The summed E-state index contributed by atoms with van der Waals surface area (Å²) in [5.74, 6) is -7.51. The number of hydrogen-bond donors (Lipinski definition) is 2. The highest BCUT2D eigenvalue weighted by Crippen LogP contribution is 2.26. The van der Waals surface area contributed by atoms with Crippen LogP contribution in [0.3, 0.4) is 0 Å². The van der Waals surface area contributed by atoms with Gasteiger partial charge in [-0.05, 0) is 31.0 Å². The van der Waals surface area contributed by atoms with E-state index in [9.17, 15) is 35.6 Å². The highest BCUT2D eigenvalue weighted by molar-refractivity contribution is 7.89. The topological polar surface area (TPSA) is 119 Å². The Balaban J connectivity index is 1.78.